The van der Waals surface area contributed by atoms with Crippen LogP contribution in [0.1, 0.15) is 31.9 Å². The molecule has 0 spiro atoms. The molecule has 190 valence electrons. The zero-order chi connectivity index (χ0) is 26.3. The number of benzene rings is 3. The van der Waals surface area contributed by atoms with Gasteiger partial charge >= 0.3 is 0 Å². The molecule has 0 saturated carbocycles. The molecule has 8 heteroatoms. The van der Waals surface area contributed by atoms with Crippen LogP contribution >= 0.6 is 45.8 Å². The Hall–Kier alpha value is -2.29. The van der Waals surface area contributed by atoms with E-state index >= 15 is 0 Å². The van der Waals surface area contributed by atoms with Crippen LogP contribution in [-0.4, -0.2) is 34.9 Å². The fourth-order valence-corrected chi connectivity index (χ4v) is 4.50. The first kappa shape index (κ1) is 28.3. The Morgan fingerprint density at radius 2 is 1.56 bits per heavy atom. The van der Waals surface area contributed by atoms with Crippen molar-refractivity contribution in [3.05, 3.63) is 97.5 Å². The maximum absolute atomic E-state index is 13.6. The van der Waals surface area contributed by atoms with Gasteiger partial charge in [0.2, 0.25) is 5.91 Å². The van der Waals surface area contributed by atoms with Gasteiger partial charge in [0.15, 0.2) is 6.61 Å². The molecule has 0 aliphatic carbocycles. The third-order valence-corrected chi connectivity index (χ3v) is 6.76. The maximum atomic E-state index is 13.6. The summed E-state index contributed by atoms with van der Waals surface area (Å²) in [5, 5.41) is 3.88. The highest BCUT2D eigenvalue weighted by atomic mass is 127. The van der Waals surface area contributed by atoms with Gasteiger partial charge in [-0.3, -0.25) is 9.59 Å². The van der Waals surface area contributed by atoms with Crippen LogP contribution in [0.5, 0.6) is 5.75 Å². The van der Waals surface area contributed by atoms with Crippen molar-refractivity contribution in [1.82, 2.24) is 10.2 Å². The van der Waals surface area contributed by atoms with E-state index in [0.29, 0.717) is 27.8 Å². The third kappa shape index (κ3) is 8.39. The minimum Gasteiger partial charge on any atom is -0.484 e. The van der Waals surface area contributed by atoms with E-state index in [1.807, 2.05) is 63.2 Å². The summed E-state index contributed by atoms with van der Waals surface area (Å²) in [7, 11) is 0. The van der Waals surface area contributed by atoms with E-state index in [1.54, 1.807) is 30.3 Å². The molecule has 5 nitrogen and oxygen atoms in total. The van der Waals surface area contributed by atoms with E-state index in [2.05, 4.69) is 27.9 Å². The summed E-state index contributed by atoms with van der Waals surface area (Å²) in [4.78, 5) is 28.7. The van der Waals surface area contributed by atoms with Crippen molar-refractivity contribution in [2.45, 2.75) is 45.3 Å². The molecule has 36 heavy (non-hydrogen) atoms. The summed E-state index contributed by atoms with van der Waals surface area (Å²) in [6.45, 7) is 5.53. The molecule has 0 aliphatic heterocycles. The first-order valence-corrected chi connectivity index (χ1v) is 13.3. The highest BCUT2D eigenvalue weighted by Gasteiger charge is 2.33. The first-order valence-electron chi connectivity index (χ1n) is 11.5. The number of hydrogen-bond acceptors (Lipinski definition) is 3. The van der Waals surface area contributed by atoms with Crippen molar-refractivity contribution < 1.29 is 14.3 Å². The Kier molecular flexibility index (Phi) is 10.0. The fraction of sp³-hybridized carbons (Fsp3) is 0.286. The quantitative estimate of drug-likeness (QED) is 0.271. The van der Waals surface area contributed by atoms with Crippen molar-refractivity contribution >= 4 is 57.6 Å². The fourth-order valence-electron chi connectivity index (χ4n) is 3.62. The van der Waals surface area contributed by atoms with E-state index < -0.39 is 11.6 Å². The Morgan fingerprint density at radius 3 is 2.14 bits per heavy atom. The Morgan fingerprint density at radius 1 is 0.944 bits per heavy atom. The topological polar surface area (TPSA) is 58.6 Å². The van der Waals surface area contributed by atoms with Crippen LogP contribution in [0.3, 0.4) is 0 Å². The van der Waals surface area contributed by atoms with Crippen LogP contribution in [0.25, 0.3) is 0 Å². The zero-order valence-electron chi connectivity index (χ0n) is 20.4. The summed E-state index contributed by atoms with van der Waals surface area (Å²) < 4.78 is 6.85. The van der Waals surface area contributed by atoms with Crippen LogP contribution in [0, 0.1) is 3.57 Å². The largest absolute Gasteiger partial charge is 0.484 e. The molecule has 0 radical (unpaired) electrons. The van der Waals surface area contributed by atoms with E-state index in [-0.39, 0.29) is 25.0 Å². The lowest BCUT2D eigenvalue weighted by Gasteiger charge is -2.34. The summed E-state index contributed by atoms with van der Waals surface area (Å²) in [6, 6.07) is 21.4. The van der Waals surface area contributed by atoms with Crippen LogP contribution in [0.4, 0.5) is 0 Å². The molecule has 3 rings (SSSR count). The van der Waals surface area contributed by atoms with Gasteiger partial charge in [0.1, 0.15) is 11.8 Å². The highest BCUT2D eigenvalue weighted by Crippen LogP contribution is 2.27. The molecule has 0 fully saturated rings. The number of ether oxygens (including phenoxy) is 1. The highest BCUT2D eigenvalue weighted by molar-refractivity contribution is 14.1. The van der Waals surface area contributed by atoms with Crippen molar-refractivity contribution in [3.63, 3.8) is 0 Å². The van der Waals surface area contributed by atoms with Crippen LogP contribution in [0.2, 0.25) is 10.0 Å². The van der Waals surface area contributed by atoms with Gasteiger partial charge in [0.25, 0.3) is 5.91 Å². The summed E-state index contributed by atoms with van der Waals surface area (Å²) in [5.74, 6) is -0.0510. The summed E-state index contributed by atoms with van der Waals surface area (Å²) in [5.41, 5.74) is 1.01. The van der Waals surface area contributed by atoms with E-state index in [4.69, 9.17) is 27.9 Å². The number of rotatable bonds is 9. The average molecular weight is 639 g/mol. The van der Waals surface area contributed by atoms with Gasteiger partial charge in [-0.15, -0.1) is 0 Å². The van der Waals surface area contributed by atoms with Crippen LogP contribution in [0.15, 0.2) is 72.8 Å². The Balaban J connectivity index is 1.97. The molecule has 0 saturated heterocycles. The lowest BCUT2D eigenvalue weighted by Crippen LogP contribution is -2.55. The number of nitrogens with zero attached hydrogens (tertiary/aromatic N) is 1. The predicted octanol–water partition coefficient (Wildman–Crippen LogP) is 6.53. The smallest absolute Gasteiger partial charge is 0.261 e. The molecule has 0 aromatic heterocycles. The predicted molar refractivity (Wildman–Crippen MR) is 153 cm³/mol. The van der Waals surface area contributed by atoms with Crippen molar-refractivity contribution in [2.75, 3.05) is 6.61 Å². The number of carbonyl (C=O) groups excluding carboxylic acids is 2. The minimum absolute atomic E-state index is 0.0580. The second-order valence-corrected chi connectivity index (χ2v) is 11.5. The van der Waals surface area contributed by atoms with Gasteiger partial charge in [-0.25, -0.2) is 0 Å². The number of hydrogen-bond donors (Lipinski definition) is 1. The van der Waals surface area contributed by atoms with Crippen molar-refractivity contribution in [1.29, 1.82) is 0 Å². The molecular weight excluding hydrogens is 610 g/mol. The standard InChI is InChI=1S/C28H29Cl2IN2O3/c1-28(2,3)32-27(35)25(16-19-8-5-4-6-9-19)33(17-22-23(29)10-7-11-24(22)30)26(34)18-36-21-14-12-20(31)13-15-21/h4-15,25H,16-18H2,1-3H3,(H,32,35)/t25-/m1/s1. The number of amides is 2. The van der Waals surface area contributed by atoms with E-state index in [9.17, 15) is 9.59 Å². The van der Waals surface area contributed by atoms with Gasteiger partial charge < -0.3 is 15.0 Å². The third-order valence-electron chi connectivity index (χ3n) is 5.34. The summed E-state index contributed by atoms with van der Waals surface area (Å²) in [6.07, 6.45) is 0.320. The van der Waals surface area contributed by atoms with Gasteiger partial charge in [-0.2, -0.15) is 0 Å². The Labute approximate surface area is 236 Å². The molecule has 0 aliphatic rings. The zero-order valence-corrected chi connectivity index (χ0v) is 24.1. The summed E-state index contributed by atoms with van der Waals surface area (Å²) >= 11 is 15.1. The molecule has 3 aromatic rings. The normalized spacial score (nSPS) is 12.1. The van der Waals surface area contributed by atoms with Crippen molar-refractivity contribution in [2.24, 2.45) is 0 Å². The van der Waals surface area contributed by atoms with Crippen molar-refractivity contribution in [3.8, 4) is 5.75 Å². The van der Waals surface area contributed by atoms with Crippen LogP contribution < -0.4 is 10.1 Å². The molecule has 0 unspecified atom stereocenters. The lowest BCUT2D eigenvalue weighted by atomic mass is 10.0. The first-order chi connectivity index (χ1) is 17.0. The molecule has 0 heterocycles. The van der Waals surface area contributed by atoms with E-state index in [1.165, 1.54) is 4.90 Å². The van der Waals surface area contributed by atoms with Gasteiger partial charge in [-0.1, -0.05) is 59.6 Å². The van der Waals surface area contributed by atoms with Gasteiger partial charge in [-0.05, 0) is 85.3 Å². The molecule has 1 atom stereocenters. The monoisotopic (exact) mass is 638 g/mol. The average Bonchev–Trinajstić information content (AvgIpc) is 2.82. The second kappa shape index (κ2) is 12.8. The number of halogens is 3. The van der Waals surface area contributed by atoms with E-state index in [0.717, 1.165) is 9.13 Å². The number of nitrogens with one attached hydrogen (secondary N) is 1. The van der Waals surface area contributed by atoms with Gasteiger partial charge in [0.05, 0.1) is 0 Å². The lowest BCUT2D eigenvalue weighted by molar-refractivity contribution is -0.143. The molecule has 3 aromatic carbocycles. The molecule has 1 N–H and O–H groups in total. The molecule has 0 bridgehead atoms. The number of carbonyl (C=O) groups is 2. The second-order valence-electron chi connectivity index (χ2n) is 9.41. The molecule has 2 amide bonds. The molecular formula is C28H29Cl2IN2O3. The maximum Gasteiger partial charge on any atom is 0.261 e. The van der Waals surface area contributed by atoms with Crippen LogP contribution in [-0.2, 0) is 22.6 Å². The SMILES string of the molecule is CC(C)(C)NC(=O)[C@@H](Cc1ccccc1)N(Cc1c(Cl)cccc1Cl)C(=O)COc1ccc(I)cc1. The Bertz CT molecular complexity index is 1160. The van der Waals surface area contributed by atoms with Gasteiger partial charge in [0, 0.05) is 37.7 Å². The minimum atomic E-state index is -0.813.